The minimum Gasteiger partial charge on any atom is -0.0991 e. The summed E-state index contributed by atoms with van der Waals surface area (Å²) in [6.45, 7) is 7.21. The van der Waals surface area contributed by atoms with Gasteiger partial charge >= 0.3 is 0 Å². The second kappa shape index (κ2) is 6.56. The summed E-state index contributed by atoms with van der Waals surface area (Å²) in [6, 6.07) is 0. The minimum atomic E-state index is 0.845. The Balaban J connectivity index is 3.97. The molecule has 0 aliphatic carbocycles. The predicted molar refractivity (Wildman–Crippen MR) is 51.4 cm³/mol. The quantitative estimate of drug-likeness (QED) is 0.481. The lowest BCUT2D eigenvalue weighted by molar-refractivity contribution is 1.58. The Bertz CT molecular complexity index is 164. The molecule has 0 fully saturated rings. The van der Waals surface area contributed by atoms with Gasteiger partial charge in [0.1, 0.15) is 0 Å². The monoisotopic (exact) mass is 198 g/mol. The molecule has 10 heavy (non-hydrogen) atoms. The fourth-order valence-electron chi connectivity index (χ4n) is 0.425. The lowest BCUT2D eigenvalue weighted by Gasteiger charge is -1.88. The van der Waals surface area contributed by atoms with E-state index in [1.165, 1.54) is 0 Å². The Labute approximate surface area is 70.8 Å². The van der Waals surface area contributed by atoms with Crippen LogP contribution in [0, 0.1) is 0 Å². The zero-order valence-corrected chi connectivity index (χ0v) is 7.47. The molecule has 0 aromatic heterocycles. The van der Waals surface area contributed by atoms with Gasteiger partial charge in [-0.25, -0.2) is 0 Å². The van der Waals surface area contributed by atoms with Gasteiger partial charge in [0.2, 0.25) is 0 Å². The van der Waals surface area contributed by atoms with Gasteiger partial charge in [-0.2, -0.15) is 0 Å². The van der Waals surface area contributed by atoms with Gasteiger partial charge < -0.3 is 0 Å². The van der Waals surface area contributed by atoms with Crippen LogP contribution >= 0.6 is 15.9 Å². The van der Waals surface area contributed by atoms with Crippen LogP contribution in [0.4, 0.5) is 0 Å². The molecule has 0 radical (unpaired) electrons. The predicted octanol–water partition coefficient (Wildman–Crippen LogP) is 3.24. The maximum absolute atomic E-state index is 3.65. The Morgan fingerprint density at radius 2 is 2.00 bits per heavy atom. The standard InChI is InChI=1S/C9H11Br/c1-3-5-6-7-9(4-2)8-10/h3-7H,1-2,8H2/b6-5-,9-7+. The average Bonchev–Trinajstić information content (AvgIpc) is 1.99. The van der Waals surface area contributed by atoms with Crippen molar-refractivity contribution < 1.29 is 0 Å². The van der Waals surface area contributed by atoms with Crippen LogP contribution in [0.25, 0.3) is 0 Å². The van der Waals surface area contributed by atoms with Crippen LogP contribution in [0.1, 0.15) is 0 Å². The third-order valence-electron chi connectivity index (χ3n) is 0.974. The van der Waals surface area contributed by atoms with E-state index in [-0.39, 0.29) is 0 Å². The molecule has 0 N–H and O–H groups in total. The number of allylic oxidation sites excluding steroid dienone is 6. The van der Waals surface area contributed by atoms with Crippen molar-refractivity contribution >= 4 is 15.9 Å². The maximum atomic E-state index is 3.65. The van der Waals surface area contributed by atoms with Crippen molar-refractivity contribution in [1.82, 2.24) is 0 Å². The van der Waals surface area contributed by atoms with Crippen molar-refractivity contribution in [3.63, 3.8) is 0 Å². The van der Waals surface area contributed by atoms with Gasteiger partial charge in [0, 0.05) is 5.33 Å². The number of rotatable bonds is 4. The second-order valence-electron chi connectivity index (χ2n) is 1.70. The van der Waals surface area contributed by atoms with Crippen LogP contribution in [0.3, 0.4) is 0 Å². The lowest BCUT2D eigenvalue weighted by atomic mass is 10.3. The van der Waals surface area contributed by atoms with E-state index < -0.39 is 0 Å². The first kappa shape index (κ1) is 9.44. The van der Waals surface area contributed by atoms with Gasteiger partial charge in [-0.15, -0.1) is 0 Å². The van der Waals surface area contributed by atoms with Gasteiger partial charge in [-0.3, -0.25) is 0 Å². The zero-order valence-electron chi connectivity index (χ0n) is 5.89. The molecule has 0 atom stereocenters. The smallest absolute Gasteiger partial charge is 0.0282 e. The second-order valence-corrected chi connectivity index (χ2v) is 2.26. The molecule has 0 amide bonds. The molecule has 0 unspecified atom stereocenters. The fourth-order valence-corrected chi connectivity index (χ4v) is 0.841. The summed E-state index contributed by atoms with van der Waals surface area (Å²) in [4.78, 5) is 0. The van der Waals surface area contributed by atoms with E-state index in [9.17, 15) is 0 Å². The molecular weight excluding hydrogens is 188 g/mol. The number of alkyl halides is 1. The molecule has 0 spiro atoms. The highest BCUT2D eigenvalue weighted by Crippen LogP contribution is 2.00. The Morgan fingerprint density at radius 3 is 2.40 bits per heavy atom. The van der Waals surface area contributed by atoms with E-state index in [1.807, 2.05) is 24.3 Å². The summed E-state index contributed by atoms with van der Waals surface area (Å²) >= 11 is 3.33. The first-order valence-electron chi connectivity index (χ1n) is 3.01. The molecule has 0 rings (SSSR count). The molecule has 0 saturated heterocycles. The zero-order chi connectivity index (χ0) is 7.82. The minimum absolute atomic E-state index is 0.845. The van der Waals surface area contributed by atoms with Crippen LogP contribution < -0.4 is 0 Å². The first-order valence-corrected chi connectivity index (χ1v) is 4.14. The highest BCUT2D eigenvalue weighted by Gasteiger charge is 1.81. The highest BCUT2D eigenvalue weighted by molar-refractivity contribution is 9.09. The van der Waals surface area contributed by atoms with Gasteiger partial charge in [-0.1, -0.05) is 59.5 Å². The molecule has 0 saturated carbocycles. The SMILES string of the molecule is C=C/C=C\C=C(/C=C)CBr. The number of hydrogen-bond acceptors (Lipinski definition) is 0. The van der Waals surface area contributed by atoms with Gasteiger partial charge in [0.15, 0.2) is 0 Å². The van der Waals surface area contributed by atoms with Gasteiger partial charge in [0.05, 0.1) is 0 Å². The van der Waals surface area contributed by atoms with Crippen LogP contribution in [0.2, 0.25) is 0 Å². The van der Waals surface area contributed by atoms with E-state index in [4.69, 9.17) is 0 Å². The molecule has 0 aliphatic rings. The molecule has 0 aromatic carbocycles. The Kier molecular flexibility index (Phi) is 6.19. The van der Waals surface area contributed by atoms with Crippen molar-refractivity contribution in [2.45, 2.75) is 0 Å². The van der Waals surface area contributed by atoms with Crippen molar-refractivity contribution in [3.05, 3.63) is 49.1 Å². The summed E-state index contributed by atoms with van der Waals surface area (Å²) in [6.07, 6.45) is 9.37. The van der Waals surface area contributed by atoms with Crippen LogP contribution in [-0.2, 0) is 0 Å². The van der Waals surface area contributed by atoms with E-state index >= 15 is 0 Å². The largest absolute Gasteiger partial charge is 0.0991 e. The van der Waals surface area contributed by atoms with E-state index in [2.05, 4.69) is 29.1 Å². The molecule has 1 heteroatoms. The van der Waals surface area contributed by atoms with Crippen LogP contribution in [-0.4, -0.2) is 5.33 Å². The lowest BCUT2D eigenvalue weighted by Crippen LogP contribution is -1.74. The van der Waals surface area contributed by atoms with E-state index in [0.717, 1.165) is 10.9 Å². The fraction of sp³-hybridized carbons (Fsp3) is 0.111. The molecule has 0 aromatic rings. The molecular formula is C9H11Br. The first-order chi connectivity index (χ1) is 4.85. The normalized spacial score (nSPS) is 11.9. The summed E-state index contributed by atoms with van der Waals surface area (Å²) in [5, 5.41) is 0.845. The molecule has 0 nitrogen and oxygen atoms in total. The highest BCUT2D eigenvalue weighted by atomic mass is 79.9. The van der Waals surface area contributed by atoms with Crippen LogP contribution in [0.15, 0.2) is 49.1 Å². The third kappa shape index (κ3) is 4.33. The van der Waals surface area contributed by atoms with Gasteiger partial charge in [-0.05, 0) is 5.57 Å². The van der Waals surface area contributed by atoms with Crippen molar-refractivity contribution in [2.75, 3.05) is 5.33 Å². The molecule has 54 valence electrons. The molecule has 0 bridgehead atoms. The summed E-state index contributed by atoms with van der Waals surface area (Å²) < 4.78 is 0. The van der Waals surface area contributed by atoms with Crippen LogP contribution in [0.5, 0.6) is 0 Å². The summed E-state index contributed by atoms with van der Waals surface area (Å²) in [5.74, 6) is 0. The third-order valence-corrected chi connectivity index (χ3v) is 1.62. The van der Waals surface area contributed by atoms with E-state index in [1.54, 1.807) is 6.08 Å². The Hall–Kier alpha value is -0.560. The van der Waals surface area contributed by atoms with E-state index in [0.29, 0.717) is 0 Å². The van der Waals surface area contributed by atoms with Gasteiger partial charge in [0.25, 0.3) is 0 Å². The molecule has 0 heterocycles. The summed E-state index contributed by atoms with van der Waals surface area (Å²) in [7, 11) is 0. The van der Waals surface area contributed by atoms with Crippen molar-refractivity contribution in [1.29, 1.82) is 0 Å². The maximum Gasteiger partial charge on any atom is 0.0282 e. The average molecular weight is 199 g/mol. The number of halogens is 1. The Morgan fingerprint density at radius 1 is 1.30 bits per heavy atom. The topological polar surface area (TPSA) is 0 Å². The van der Waals surface area contributed by atoms with Crippen molar-refractivity contribution in [3.8, 4) is 0 Å². The molecule has 0 aliphatic heterocycles. The summed E-state index contributed by atoms with van der Waals surface area (Å²) in [5.41, 5.74) is 1.16. The number of hydrogen-bond donors (Lipinski definition) is 0. The van der Waals surface area contributed by atoms with Crippen molar-refractivity contribution in [2.24, 2.45) is 0 Å².